The SMILES string of the molecule is CN(C)C(=O)CN=C(NCC1CCOC1)N1CCN(c2ccncc2Cl)CC1. The third kappa shape index (κ3) is 5.48. The van der Waals surface area contributed by atoms with Gasteiger partial charge in [0.05, 0.1) is 17.3 Å². The Kier molecular flexibility index (Phi) is 7.33. The van der Waals surface area contributed by atoms with E-state index in [1.807, 2.05) is 6.07 Å². The number of rotatable bonds is 5. The largest absolute Gasteiger partial charge is 0.381 e. The smallest absolute Gasteiger partial charge is 0.243 e. The van der Waals surface area contributed by atoms with Crippen LogP contribution in [-0.2, 0) is 9.53 Å². The van der Waals surface area contributed by atoms with E-state index in [1.165, 1.54) is 0 Å². The summed E-state index contributed by atoms with van der Waals surface area (Å²) >= 11 is 6.29. The molecule has 0 bridgehead atoms. The van der Waals surface area contributed by atoms with Gasteiger partial charge in [-0.2, -0.15) is 0 Å². The average molecular weight is 409 g/mol. The molecule has 1 N–H and O–H groups in total. The molecule has 0 spiro atoms. The maximum absolute atomic E-state index is 12.0. The number of ether oxygens (including phenoxy) is 1. The van der Waals surface area contributed by atoms with E-state index >= 15 is 0 Å². The number of hydrogen-bond acceptors (Lipinski definition) is 5. The van der Waals surface area contributed by atoms with Gasteiger partial charge in [-0.1, -0.05) is 11.6 Å². The van der Waals surface area contributed by atoms with E-state index in [4.69, 9.17) is 16.3 Å². The maximum Gasteiger partial charge on any atom is 0.243 e. The molecule has 1 aromatic rings. The van der Waals surface area contributed by atoms with Crippen LogP contribution < -0.4 is 10.2 Å². The highest BCUT2D eigenvalue weighted by Gasteiger charge is 2.23. The zero-order valence-corrected chi connectivity index (χ0v) is 17.4. The van der Waals surface area contributed by atoms with E-state index in [2.05, 4.69) is 25.1 Å². The van der Waals surface area contributed by atoms with Crippen molar-refractivity contribution in [3.63, 3.8) is 0 Å². The van der Waals surface area contributed by atoms with E-state index in [-0.39, 0.29) is 12.5 Å². The number of aromatic nitrogens is 1. The Morgan fingerprint density at radius 1 is 1.39 bits per heavy atom. The number of hydrogen-bond donors (Lipinski definition) is 1. The van der Waals surface area contributed by atoms with Crippen LogP contribution in [0.3, 0.4) is 0 Å². The Balaban J connectivity index is 1.61. The van der Waals surface area contributed by atoms with E-state index in [0.717, 1.165) is 64.0 Å². The van der Waals surface area contributed by atoms with Gasteiger partial charge >= 0.3 is 0 Å². The summed E-state index contributed by atoms with van der Waals surface area (Å²) in [5, 5.41) is 4.13. The molecule has 2 aliphatic rings. The Labute approximate surface area is 171 Å². The van der Waals surface area contributed by atoms with Crippen molar-refractivity contribution in [2.75, 3.05) is 71.5 Å². The second-order valence-corrected chi connectivity index (χ2v) is 7.75. The Bertz CT molecular complexity index is 685. The number of carbonyl (C=O) groups is 1. The molecular formula is C19H29ClN6O2. The highest BCUT2D eigenvalue weighted by Crippen LogP contribution is 2.25. The Morgan fingerprint density at radius 2 is 2.18 bits per heavy atom. The first-order chi connectivity index (χ1) is 13.5. The number of piperazine rings is 1. The number of guanidine groups is 1. The van der Waals surface area contributed by atoms with Crippen molar-refractivity contribution in [3.8, 4) is 0 Å². The van der Waals surface area contributed by atoms with Gasteiger partial charge in [-0.15, -0.1) is 0 Å². The highest BCUT2D eigenvalue weighted by atomic mass is 35.5. The van der Waals surface area contributed by atoms with Gasteiger partial charge in [0, 0.05) is 71.7 Å². The predicted octanol–water partition coefficient (Wildman–Crippen LogP) is 0.927. The van der Waals surface area contributed by atoms with Gasteiger partial charge in [-0.3, -0.25) is 9.78 Å². The molecule has 0 aromatic carbocycles. The van der Waals surface area contributed by atoms with Crippen LogP contribution in [0.25, 0.3) is 0 Å². The summed E-state index contributed by atoms with van der Waals surface area (Å²) in [6.07, 6.45) is 4.50. The first-order valence-electron chi connectivity index (χ1n) is 9.70. The summed E-state index contributed by atoms with van der Waals surface area (Å²) in [5.74, 6) is 1.28. The average Bonchev–Trinajstić information content (AvgIpc) is 3.22. The number of amides is 1. The monoisotopic (exact) mass is 408 g/mol. The molecule has 2 aliphatic heterocycles. The summed E-state index contributed by atoms with van der Waals surface area (Å²) < 4.78 is 5.46. The van der Waals surface area contributed by atoms with E-state index in [1.54, 1.807) is 31.4 Å². The first-order valence-corrected chi connectivity index (χ1v) is 10.1. The third-order valence-electron chi connectivity index (χ3n) is 5.11. The molecule has 2 fully saturated rings. The Hall–Kier alpha value is -2.06. The Morgan fingerprint density at radius 3 is 2.82 bits per heavy atom. The van der Waals surface area contributed by atoms with Gasteiger partial charge in [-0.25, -0.2) is 4.99 Å². The lowest BCUT2D eigenvalue weighted by atomic mass is 10.1. The first kappa shape index (κ1) is 20.7. The lowest BCUT2D eigenvalue weighted by Crippen LogP contribution is -2.53. The molecule has 1 unspecified atom stereocenters. The zero-order chi connectivity index (χ0) is 19.9. The molecule has 1 amide bonds. The number of nitrogens with one attached hydrogen (secondary N) is 1. The fourth-order valence-electron chi connectivity index (χ4n) is 3.32. The van der Waals surface area contributed by atoms with Crippen molar-refractivity contribution < 1.29 is 9.53 Å². The number of anilines is 1. The summed E-state index contributed by atoms with van der Waals surface area (Å²) in [6, 6.07) is 1.95. The van der Waals surface area contributed by atoms with E-state index in [9.17, 15) is 4.79 Å². The summed E-state index contributed by atoms with van der Waals surface area (Å²) in [4.78, 5) is 26.7. The van der Waals surface area contributed by atoms with Crippen LogP contribution in [0.2, 0.25) is 5.02 Å². The molecule has 28 heavy (non-hydrogen) atoms. The summed E-state index contributed by atoms with van der Waals surface area (Å²) in [6.45, 7) is 5.84. The van der Waals surface area contributed by atoms with Gasteiger partial charge in [0.2, 0.25) is 5.91 Å². The molecule has 0 radical (unpaired) electrons. The lowest BCUT2D eigenvalue weighted by Gasteiger charge is -2.38. The van der Waals surface area contributed by atoms with Crippen molar-refractivity contribution >= 4 is 29.2 Å². The molecule has 9 heteroatoms. The normalized spacial score (nSPS) is 20.4. The van der Waals surface area contributed by atoms with Gasteiger partial charge in [-0.05, 0) is 12.5 Å². The van der Waals surface area contributed by atoms with Gasteiger partial charge in [0.25, 0.3) is 0 Å². The van der Waals surface area contributed by atoms with E-state index < -0.39 is 0 Å². The number of aliphatic imine (C=N–C) groups is 1. The number of halogens is 1. The highest BCUT2D eigenvalue weighted by molar-refractivity contribution is 6.33. The lowest BCUT2D eigenvalue weighted by molar-refractivity contribution is -0.127. The summed E-state index contributed by atoms with van der Waals surface area (Å²) in [7, 11) is 3.50. The molecular weight excluding hydrogens is 380 g/mol. The standard InChI is InChI=1S/C19H29ClN6O2/c1-24(2)18(27)13-23-19(22-11-15-4-10-28-14-15)26-8-6-25(7-9-26)17-3-5-21-12-16(17)20/h3,5,12,15H,4,6-11,13-14H2,1-2H3,(H,22,23). The minimum atomic E-state index is -0.00861. The second-order valence-electron chi connectivity index (χ2n) is 7.34. The topological polar surface area (TPSA) is 73.3 Å². The molecule has 0 aliphatic carbocycles. The van der Waals surface area contributed by atoms with Crippen LogP contribution >= 0.6 is 11.6 Å². The third-order valence-corrected chi connectivity index (χ3v) is 5.40. The van der Waals surface area contributed by atoms with Gasteiger partial charge in [0.1, 0.15) is 6.54 Å². The molecule has 8 nitrogen and oxygen atoms in total. The van der Waals surface area contributed by atoms with Crippen molar-refractivity contribution in [2.24, 2.45) is 10.9 Å². The van der Waals surface area contributed by atoms with E-state index in [0.29, 0.717) is 10.9 Å². The second kappa shape index (κ2) is 9.93. The molecule has 1 atom stereocenters. The number of pyridine rings is 1. The van der Waals surface area contributed by atoms with Crippen LogP contribution in [0.1, 0.15) is 6.42 Å². The minimum Gasteiger partial charge on any atom is -0.381 e. The molecule has 3 heterocycles. The van der Waals surface area contributed by atoms with Crippen molar-refractivity contribution in [2.45, 2.75) is 6.42 Å². The molecule has 2 saturated heterocycles. The van der Waals surface area contributed by atoms with Crippen LogP contribution in [0, 0.1) is 5.92 Å². The van der Waals surface area contributed by atoms with Crippen LogP contribution in [0.4, 0.5) is 5.69 Å². The minimum absolute atomic E-state index is 0.00861. The number of nitrogens with zero attached hydrogens (tertiary/aromatic N) is 5. The maximum atomic E-state index is 12.0. The van der Waals surface area contributed by atoms with Crippen LogP contribution in [0.5, 0.6) is 0 Å². The molecule has 154 valence electrons. The number of carbonyl (C=O) groups excluding carboxylic acids is 1. The molecule has 0 saturated carbocycles. The summed E-state index contributed by atoms with van der Waals surface area (Å²) in [5.41, 5.74) is 1.01. The van der Waals surface area contributed by atoms with Crippen LogP contribution in [-0.4, -0.2) is 93.2 Å². The fourth-order valence-corrected chi connectivity index (χ4v) is 3.55. The van der Waals surface area contributed by atoms with Crippen LogP contribution in [0.15, 0.2) is 23.5 Å². The van der Waals surface area contributed by atoms with Gasteiger partial charge < -0.3 is 24.8 Å². The predicted molar refractivity (Wildman–Crippen MR) is 111 cm³/mol. The number of likely N-dealkylation sites (N-methyl/N-ethyl adjacent to an activating group) is 1. The quantitative estimate of drug-likeness (QED) is 0.577. The molecule has 1 aromatic heterocycles. The zero-order valence-electron chi connectivity index (χ0n) is 16.6. The van der Waals surface area contributed by atoms with Gasteiger partial charge in [0.15, 0.2) is 5.96 Å². The van der Waals surface area contributed by atoms with Crippen molar-refractivity contribution in [1.82, 2.24) is 20.1 Å². The van der Waals surface area contributed by atoms with Crippen molar-refractivity contribution in [3.05, 3.63) is 23.5 Å². The van der Waals surface area contributed by atoms with Crippen molar-refractivity contribution in [1.29, 1.82) is 0 Å². The molecule has 3 rings (SSSR count). The fraction of sp³-hybridized carbons (Fsp3) is 0.632.